The second kappa shape index (κ2) is 6.21. The Labute approximate surface area is 92.1 Å². The molecule has 0 spiro atoms. The van der Waals surface area contributed by atoms with Crippen LogP contribution in [0, 0.1) is 11.2 Å². The van der Waals surface area contributed by atoms with E-state index in [1.165, 1.54) is 30.9 Å². The number of nitrogens with zero attached hydrogens (tertiary/aromatic N) is 3. The van der Waals surface area contributed by atoms with Crippen LogP contribution < -0.4 is 0 Å². The van der Waals surface area contributed by atoms with Gasteiger partial charge in [-0.1, -0.05) is 6.07 Å². The molecule has 1 aromatic heterocycles. The lowest BCUT2D eigenvalue weighted by Gasteiger charge is -2.18. The van der Waals surface area contributed by atoms with Crippen LogP contribution in [0.1, 0.15) is 24.4 Å². The maximum atomic E-state index is 7.10. The first-order chi connectivity index (χ1) is 7.29. The molecule has 0 amide bonds. The summed E-state index contributed by atoms with van der Waals surface area (Å²) in [6.45, 7) is 1.22. The average Bonchev–Trinajstić information content (AvgIpc) is 2.67. The summed E-state index contributed by atoms with van der Waals surface area (Å²) >= 11 is 0. The number of rotatable bonds is 1. The average molecular weight is 199 g/mol. The van der Waals surface area contributed by atoms with Gasteiger partial charge >= 0.3 is 0 Å². The van der Waals surface area contributed by atoms with Crippen LogP contribution in [0.5, 0.6) is 0 Å². The van der Waals surface area contributed by atoms with E-state index in [2.05, 4.69) is 30.8 Å². The van der Waals surface area contributed by atoms with Crippen LogP contribution in [0.25, 0.3) is 0 Å². The number of hydrogen-bond donors (Lipinski definition) is 0. The van der Waals surface area contributed by atoms with Crippen molar-refractivity contribution >= 4 is 7.85 Å². The molecule has 0 bridgehead atoms. The van der Waals surface area contributed by atoms with Crippen molar-refractivity contribution in [3.05, 3.63) is 30.1 Å². The van der Waals surface area contributed by atoms with E-state index < -0.39 is 0 Å². The highest BCUT2D eigenvalue weighted by Crippen LogP contribution is 2.29. The van der Waals surface area contributed by atoms with Gasteiger partial charge in [-0.3, -0.25) is 9.88 Å². The van der Waals surface area contributed by atoms with Gasteiger partial charge < -0.3 is 0 Å². The van der Waals surface area contributed by atoms with Crippen molar-refractivity contribution < 1.29 is 0 Å². The number of hydrogen-bond acceptors (Lipinski definition) is 3. The Morgan fingerprint density at radius 2 is 2.40 bits per heavy atom. The normalized spacial score (nSPS) is 20.1. The maximum absolute atomic E-state index is 7.10. The highest BCUT2D eigenvalue weighted by Gasteiger charge is 2.21. The summed E-state index contributed by atoms with van der Waals surface area (Å²) in [6.07, 6.45) is 6.41. The van der Waals surface area contributed by atoms with Crippen LogP contribution in [0.2, 0.25) is 0 Å². The monoisotopic (exact) mass is 199 g/mol. The highest BCUT2D eigenvalue weighted by atomic mass is 15.1. The fraction of sp³-hybridized carbons (Fsp3) is 0.455. The molecule has 1 saturated heterocycles. The van der Waals surface area contributed by atoms with Crippen LogP contribution in [0.4, 0.5) is 0 Å². The third-order valence-electron chi connectivity index (χ3n) is 2.59. The van der Waals surface area contributed by atoms with Gasteiger partial charge in [-0.05, 0) is 44.0 Å². The molecule has 0 saturated carbocycles. The van der Waals surface area contributed by atoms with Gasteiger partial charge in [0.15, 0.2) is 0 Å². The summed E-state index contributed by atoms with van der Waals surface area (Å²) in [6, 6.07) is 4.79. The number of pyridine rings is 1. The van der Waals surface area contributed by atoms with E-state index in [9.17, 15) is 0 Å². The van der Waals surface area contributed by atoms with Crippen molar-refractivity contribution in [3.8, 4) is 5.97 Å². The quantitative estimate of drug-likeness (QED) is 0.643. The largest absolute Gasteiger partial charge is 0.299 e. The van der Waals surface area contributed by atoms with Crippen LogP contribution in [0.15, 0.2) is 24.5 Å². The molecule has 0 aromatic carbocycles. The van der Waals surface area contributed by atoms with Gasteiger partial charge in [0.2, 0.25) is 7.85 Å². The van der Waals surface area contributed by atoms with E-state index >= 15 is 0 Å². The van der Waals surface area contributed by atoms with Crippen molar-refractivity contribution in [2.24, 2.45) is 0 Å². The summed E-state index contributed by atoms with van der Waals surface area (Å²) in [5.41, 5.74) is 1.36. The molecule has 0 unspecified atom stereocenters. The molecular formula is C11H14BN3. The van der Waals surface area contributed by atoms with Crippen molar-refractivity contribution in [1.82, 2.24) is 9.88 Å². The lowest BCUT2D eigenvalue weighted by molar-refractivity contribution is 0.317. The molecule has 1 atom stereocenters. The van der Waals surface area contributed by atoms with Crippen molar-refractivity contribution in [2.45, 2.75) is 18.9 Å². The van der Waals surface area contributed by atoms with Crippen LogP contribution >= 0.6 is 0 Å². The molecule has 1 aromatic rings. The SMILES string of the molecule is CN1CCC[C@H]1c1cccnc1.[B]C#N. The molecule has 2 radical (unpaired) electrons. The molecule has 2 heterocycles. The fourth-order valence-corrected chi connectivity index (χ4v) is 1.90. The summed E-state index contributed by atoms with van der Waals surface area (Å²) in [7, 11) is 6.34. The molecular weight excluding hydrogens is 185 g/mol. The van der Waals surface area contributed by atoms with Crippen LogP contribution in [-0.2, 0) is 0 Å². The Balaban J connectivity index is 0.000000337. The van der Waals surface area contributed by atoms with E-state index in [4.69, 9.17) is 5.26 Å². The Hall–Kier alpha value is -1.34. The van der Waals surface area contributed by atoms with Gasteiger partial charge in [-0.25, -0.2) is 5.26 Å². The Morgan fingerprint density at radius 3 is 2.87 bits per heavy atom. The molecule has 0 N–H and O–H groups in total. The minimum Gasteiger partial charge on any atom is -0.299 e. The van der Waals surface area contributed by atoms with Gasteiger partial charge in [0.25, 0.3) is 0 Å². The van der Waals surface area contributed by atoms with Gasteiger partial charge in [0.05, 0.1) is 0 Å². The molecule has 15 heavy (non-hydrogen) atoms. The summed E-state index contributed by atoms with van der Waals surface area (Å²) in [5, 5.41) is 7.10. The fourth-order valence-electron chi connectivity index (χ4n) is 1.90. The second-order valence-corrected chi connectivity index (χ2v) is 3.55. The highest BCUT2D eigenvalue weighted by molar-refractivity contribution is 6.20. The number of nitriles is 1. The zero-order chi connectivity index (χ0) is 11.1. The lowest BCUT2D eigenvalue weighted by atomic mass is 10.1. The summed E-state index contributed by atoms with van der Waals surface area (Å²) in [4.78, 5) is 6.54. The Morgan fingerprint density at radius 1 is 1.67 bits per heavy atom. The van der Waals surface area contributed by atoms with E-state index in [-0.39, 0.29) is 0 Å². The molecule has 2 rings (SSSR count). The molecule has 3 nitrogen and oxygen atoms in total. The van der Waals surface area contributed by atoms with E-state index in [1.54, 1.807) is 0 Å². The standard InChI is InChI=1S/C10H14N2.CBN/c1-12-7-3-5-10(12)9-4-2-6-11-8-9;2-1-3/h2,4,6,8,10H,3,5,7H2,1H3;/t10-;/m0./s1. The van der Waals surface area contributed by atoms with Gasteiger partial charge in [0, 0.05) is 18.4 Å². The third kappa shape index (κ3) is 3.37. The van der Waals surface area contributed by atoms with Crippen LogP contribution in [-0.4, -0.2) is 31.3 Å². The molecule has 4 heteroatoms. The predicted molar refractivity (Wildman–Crippen MR) is 60.2 cm³/mol. The molecule has 0 aliphatic carbocycles. The molecule has 1 aliphatic heterocycles. The Bertz CT molecular complexity index is 320. The second-order valence-electron chi connectivity index (χ2n) is 3.55. The number of aromatic nitrogens is 1. The first-order valence-electron chi connectivity index (χ1n) is 4.99. The first-order valence-corrected chi connectivity index (χ1v) is 4.99. The summed E-state index contributed by atoms with van der Waals surface area (Å²) in [5.74, 6) is 1.25. The minimum atomic E-state index is 0.610. The third-order valence-corrected chi connectivity index (χ3v) is 2.59. The smallest absolute Gasteiger partial charge is 0.229 e. The number of likely N-dealkylation sites (tertiary alicyclic amines) is 1. The van der Waals surface area contributed by atoms with Gasteiger partial charge in [0.1, 0.15) is 0 Å². The van der Waals surface area contributed by atoms with Crippen molar-refractivity contribution in [2.75, 3.05) is 13.6 Å². The van der Waals surface area contributed by atoms with Gasteiger partial charge in [-0.2, -0.15) is 0 Å². The zero-order valence-corrected chi connectivity index (χ0v) is 8.93. The lowest BCUT2D eigenvalue weighted by Crippen LogP contribution is -2.17. The van der Waals surface area contributed by atoms with Crippen molar-refractivity contribution in [1.29, 1.82) is 5.26 Å². The molecule has 1 aliphatic rings. The van der Waals surface area contributed by atoms with Gasteiger partial charge in [-0.15, -0.1) is 0 Å². The predicted octanol–water partition coefficient (Wildman–Crippen LogP) is 1.48. The molecule has 76 valence electrons. The summed E-state index contributed by atoms with van der Waals surface area (Å²) < 4.78 is 0. The van der Waals surface area contributed by atoms with Crippen LogP contribution in [0.3, 0.4) is 0 Å². The van der Waals surface area contributed by atoms with Crippen molar-refractivity contribution in [3.63, 3.8) is 0 Å². The molecule has 1 fully saturated rings. The van der Waals surface area contributed by atoms with E-state index in [0.29, 0.717) is 6.04 Å². The van der Waals surface area contributed by atoms with E-state index in [0.717, 1.165) is 0 Å². The Kier molecular flexibility index (Phi) is 4.86. The first kappa shape index (κ1) is 11.7. The van der Waals surface area contributed by atoms with E-state index in [1.807, 2.05) is 18.5 Å². The topological polar surface area (TPSA) is 39.9 Å². The minimum absolute atomic E-state index is 0.610. The zero-order valence-electron chi connectivity index (χ0n) is 8.93. The maximum Gasteiger partial charge on any atom is 0.229 e.